The molecule has 0 unspecified atom stereocenters. The number of rotatable bonds is 1. The van der Waals surface area contributed by atoms with Crippen molar-refractivity contribution >= 4 is 10.0 Å². The fourth-order valence-corrected chi connectivity index (χ4v) is 2.36. The molecule has 1 aliphatic rings. The van der Waals surface area contributed by atoms with E-state index in [-0.39, 0.29) is 10.9 Å². The van der Waals surface area contributed by atoms with Gasteiger partial charge in [0, 0.05) is 6.04 Å². The number of fused-ring (bicyclic) bond motifs is 1. The topological polar surface area (TPSA) is 95.4 Å². The Morgan fingerprint density at radius 3 is 2.80 bits per heavy atom. The average Bonchev–Trinajstić information content (AvgIpc) is 2.15. The average molecular weight is 228 g/mol. The molecule has 2 rings (SSSR count). The van der Waals surface area contributed by atoms with Crippen LogP contribution in [0.25, 0.3) is 0 Å². The molecule has 5 nitrogen and oxygen atoms in total. The Kier molecular flexibility index (Phi) is 2.41. The van der Waals surface area contributed by atoms with Gasteiger partial charge >= 0.3 is 0 Å². The highest BCUT2D eigenvalue weighted by Gasteiger charge is 2.23. The summed E-state index contributed by atoms with van der Waals surface area (Å²) in [6.45, 7) is 0.319. The zero-order chi connectivity index (χ0) is 11.1. The molecule has 0 aliphatic carbocycles. The molecule has 6 heteroatoms. The van der Waals surface area contributed by atoms with Crippen molar-refractivity contribution in [3.63, 3.8) is 0 Å². The molecule has 0 aromatic heterocycles. The molecule has 0 radical (unpaired) electrons. The second kappa shape index (κ2) is 3.48. The minimum Gasteiger partial charge on any atom is -0.490 e. The van der Waals surface area contributed by atoms with E-state index in [9.17, 15) is 8.42 Å². The molecule has 0 spiro atoms. The quantitative estimate of drug-likeness (QED) is 0.683. The first-order chi connectivity index (χ1) is 6.98. The highest BCUT2D eigenvalue weighted by molar-refractivity contribution is 7.89. The maximum atomic E-state index is 11.3. The highest BCUT2D eigenvalue weighted by atomic mass is 32.2. The molecule has 0 amide bonds. The first-order valence-corrected chi connectivity index (χ1v) is 6.06. The van der Waals surface area contributed by atoms with Gasteiger partial charge in [-0.05, 0) is 18.1 Å². The first-order valence-electron chi connectivity index (χ1n) is 4.51. The van der Waals surface area contributed by atoms with Crippen LogP contribution in [-0.2, 0) is 16.4 Å². The van der Waals surface area contributed by atoms with E-state index in [1.807, 2.05) is 0 Å². The van der Waals surface area contributed by atoms with Gasteiger partial charge in [0.05, 0.1) is 0 Å². The van der Waals surface area contributed by atoms with Crippen LogP contribution in [0.4, 0.5) is 0 Å². The van der Waals surface area contributed by atoms with E-state index in [2.05, 4.69) is 0 Å². The van der Waals surface area contributed by atoms with Gasteiger partial charge in [0.15, 0.2) is 0 Å². The number of hydrogen-bond acceptors (Lipinski definition) is 4. The maximum Gasteiger partial charge on any atom is 0.241 e. The molecule has 1 aromatic carbocycles. The van der Waals surface area contributed by atoms with Crippen molar-refractivity contribution in [1.29, 1.82) is 0 Å². The van der Waals surface area contributed by atoms with Gasteiger partial charge in [0.25, 0.3) is 0 Å². The summed E-state index contributed by atoms with van der Waals surface area (Å²) >= 11 is 0. The summed E-state index contributed by atoms with van der Waals surface area (Å²) in [7, 11) is -3.73. The standard InChI is InChI=1S/C9H12N2O3S/c10-7-4-6-2-1-3-8(15(11,12)13)9(6)14-5-7/h1-3,7H,4-5,10H2,(H2,11,12,13)/t7-/m1/s1. The lowest BCUT2D eigenvalue weighted by atomic mass is 10.0. The van der Waals surface area contributed by atoms with E-state index < -0.39 is 10.0 Å². The van der Waals surface area contributed by atoms with Gasteiger partial charge < -0.3 is 10.5 Å². The number of nitrogens with two attached hydrogens (primary N) is 2. The third-order valence-corrected chi connectivity index (χ3v) is 3.23. The van der Waals surface area contributed by atoms with Crippen molar-refractivity contribution in [2.45, 2.75) is 17.4 Å². The van der Waals surface area contributed by atoms with Crippen LogP contribution in [0.3, 0.4) is 0 Å². The monoisotopic (exact) mass is 228 g/mol. The van der Waals surface area contributed by atoms with E-state index in [1.54, 1.807) is 12.1 Å². The van der Waals surface area contributed by atoms with Crippen LogP contribution in [0, 0.1) is 0 Å². The van der Waals surface area contributed by atoms with Crippen LogP contribution < -0.4 is 15.6 Å². The van der Waals surface area contributed by atoms with Crippen LogP contribution in [0.15, 0.2) is 23.1 Å². The molecular formula is C9H12N2O3S. The van der Waals surface area contributed by atoms with Crippen LogP contribution in [-0.4, -0.2) is 21.1 Å². The molecule has 15 heavy (non-hydrogen) atoms. The third kappa shape index (κ3) is 1.97. The molecule has 0 saturated carbocycles. The summed E-state index contributed by atoms with van der Waals surface area (Å²) in [5.41, 5.74) is 6.49. The van der Waals surface area contributed by atoms with Gasteiger partial charge in [-0.1, -0.05) is 12.1 Å². The lowest BCUT2D eigenvalue weighted by Crippen LogP contribution is -2.34. The fraction of sp³-hybridized carbons (Fsp3) is 0.333. The Morgan fingerprint density at radius 1 is 1.40 bits per heavy atom. The van der Waals surface area contributed by atoms with E-state index in [0.29, 0.717) is 18.8 Å². The number of hydrogen-bond donors (Lipinski definition) is 2. The van der Waals surface area contributed by atoms with E-state index in [0.717, 1.165) is 5.56 Å². The largest absolute Gasteiger partial charge is 0.490 e. The SMILES string of the molecule is N[C@H]1COc2c(cccc2S(N)(=O)=O)C1. The minimum absolute atomic E-state index is 0.0342. The van der Waals surface area contributed by atoms with E-state index >= 15 is 0 Å². The Bertz CT molecular complexity index is 484. The Labute approximate surface area is 88.1 Å². The summed E-state index contributed by atoms with van der Waals surface area (Å²) < 4.78 is 27.8. The fourth-order valence-electron chi connectivity index (χ4n) is 1.64. The minimum atomic E-state index is -3.73. The Balaban J connectivity index is 2.56. The maximum absolute atomic E-state index is 11.3. The Morgan fingerprint density at radius 2 is 2.13 bits per heavy atom. The second-order valence-electron chi connectivity index (χ2n) is 3.56. The molecular weight excluding hydrogens is 216 g/mol. The summed E-state index contributed by atoms with van der Waals surface area (Å²) in [6.07, 6.45) is 0.610. The second-order valence-corrected chi connectivity index (χ2v) is 5.09. The molecule has 0 fully saturated rings. The molecule has 82 valence electrons. The van der Waals surface area contributed by atoms with Crippen LogP contribution in [0.1, 0.15) is 5.56 Å². The van der Waals surface area contributed by atoms with Crippen molar-refractivity contribution in [2.75, 3.05) is 6.61 Å². The summed E-state index contributed by atoms with van der Waals surface area (Å²) in [5, 5.41) is 5.08. The molecule has 0 saturated heterocycles. The first kappa shape index (κ1) is 10.4. The smallest absolute Gasteiger partial charge is 0.241 e. The lowest BCUT2D eigenvalue weighted by Gasteiger charge is -2.23. The van der Waals surface area contributed by atoms with Gasteiger partial charge in [-0.15, -0.1) is 0 Å². The number of ether oxygens (including phenoxy) is 1. The third-order valence-electron chi connectivity index (χ3n) is 2.29. The number of primary sulfonamides is 1. The van der Waals surface area contributed by atoms with Gasteiger partial charge in [0.1, 0.15) is 17.3 Å². The zero-order valence-electron chi connectivity index (χ0n) is 8.01. The normalized spacial score (nSPS) is 20.5. The van der Waals surface area contributed by atoms with Crippen molar-refractivity contribution in [3.8, 4) is 5.75 Å². The highest BCUT2D eigenvalue weighted by Crippen LogP contribution is 2.30. The van der Waals surface area contributed by atoms with Crippen molar-refractivity contribution in [2.24, 2.45) is 10.9 Å². The van der Waals surface area contributed by atoms with E-state index in [4.69, 9.17) is 15.6 Å². The number of sulfonamides is 1. The number of benzene rings is 1. The molecule has 4 N–H and O–H groups in total. The molecule has 0 bridgehead atoms. The van der Waals surface area contributed by atoms with Crippen molar-refractivity contribution in [3.05, 3.63) is 23.8 Å². The van der Waals surface area contributed by atoms with Gasteiger partial charge in [-0.3, -0.25) is 0 Å². The molecule has 1 aliphatic heterocycles. The van der Waals surface area contributed by atoms with Crippen LogP contribution in [0.2, 0.25) is 0 Å². The van der Waals surface area contributed by atoms with Gasteiger partial charge in [-0.25, -0.2) is 13.6 Å². The summed E-state index contributed by atoms with van der Waals surface area (Å²) in [4.78, 5) is 0.0342. The molecule has 1 atom stereocenters. The predicted molar refractivity (Wildman–Crippen MR) is 55.0 cm³/mol. The predicted octanol–water partition coefficient (Wildman–Crippen LogP) is -0.404. The van der Waals surface area contributed by atoms with Crippen molar-refractivity contribution < 1.29 is 13.2 Å². The molecule has 1 aromatic rings. The number of para-hydroxylation sites is 1. The van der Waals surface area contributed by atoms with Crippen molar-refractivity contribution in [1.82, 2.24) is 0 Å². The van der Waals surface area contributed by atoms with E-state index in [1.165, 1.54) is 6.07 Å². The van der Waals surface area contributed by atoms with Crippen LogP contribution in [0.5, 0.6) is 5.75 Å². The summed E-state index contributed by atoms with van der Waals surface area (Å²) in [6, 6.07) is 4.78. The van der Waals surface area contributed by atoms with Gasteiger partial charge in [0.2, 0.25) is 10.0 Å². The van der Waals surface area contributed by atoms with Crippen LogP contribution >= 0.6 is 0 Å². The van der Waals surface area contributed by atoms with Gasteiger partial charge in [-0.2, -0.15) is 0 Å². The lowest BCUT2D eigenvalue weighted by molar-refractivity contribution is 0.256. The zero-order valence-corrected chi connectivity index (χ0v) is 8.83. The molecule has 1 heterocycles. The summed E-state index contributed by atoms with van der Waals surface area (Å²) in [5.74, 6) is 0.349. The Hall–Kier alpha value is -1.11.